The third kappa shape index (κ3) is 6.38. The molecule has 1 aromatic rings. The predicted molar refractivity (Wildman–Crippen MR) is 73.5 cm³/mol. The van der Waals surface area contributed by atoms with Crippen molar-refractivity contribution in [3.05, 3.63) is 41.5 Å². The molecular formula is C14H18N2O3. The van der Waals surface area contributed by atoms with Crippen LogP contribution in [0, 0.1) is 0 Å². The Balaban J connectivity index is 2.57. The minimum atomic E-state index is -0.982. The van der Waals surface area contributed by atoms with Crippen LogP contribution in [0.5, 0.6) is 0 Å². The smallest absolute Gasteiger partial charge is 0.328 e. The van der Waals surface area contributed by atoms with Gasteiger partial charge in [-0.05, 0) is 37.4 Å². The zero-order valence-corrected chi connectivity index (χ0v) is 11.1. The lowest BCUT2D eigenvalue weighted by Crippen LogP contribution is -2.32. The molecule has 0 spiro atoms. The first-order valence-corrected chi connectivity index (χ1v) is 5.89. The first-order chi connectivity index (χ1) is 8.97. The van der Waals surface area contributed by atoms with E-state index >= 15 is 0 Å². The van der Waals surface area contributed by atoms with Crippen molar-refractivity contribution in [2.75, 3.05) is 20.6 Å². The third-order valence-corrected chi connectivity index (χ3v) is 2.32. The van der Waals surface area contributed by atoms with Crippen molar-refractivity contribution in [2.45, 2.75) is 6.54 Å². The molecule has 0 bridgehead atoms. The summed E-state index contributed by atoms with van der Waals surface area (Å²) >= 11 is 0. The van der Waals surface area contributed by atoms with Gasteiger partial charge in [0.25, 0.3) is 0 Å². The van der Waals surface area contributed by atoms with E-state index in [0.29, 0.717) is 13.1 Å². The summed E-state index contributed by atoms with van der Waals surface area (Å²) in [5.74, 6) is -1.03. The van der Waals surface area contributed by atoms with Crippen LogP contribution >= 0.6 is 0 Å². The van der Waals surface area contributed by atoms with Gasteiger partial charge in [-0.25, -0.2) is 4.79 Å². The first kappa shape index (κ1) is 14.9. The zero-order chi connectivity index (χ0) is 14.3. The molecule has 0 saturated carbocycles. The number of hydrogen-bond acceptors (Lipinski definition) is 3. The minimum Gasteiger partial charge on any atom is -0.478 e. The molecule has 0 atom stereocenters. The van der Waals surface area contributed by atoms with Crippen molar-refractivity contribution >= 4 is 18.0 Å². The van der Waals surface area contributed by atoms with E-state index in [2.05, 4.69) is 5.32 Å². The highest BCUT2D eigenvalue weighted by atomic mass is 16.4. The molecule has 2 N–H and O–H groups in total. The molecule has 0 radical (unpaired) electrons. The predicted octanol–water partition coefficient (Wildman–Crippen LogP) is 0.962. The number of amides is 1. The Hall–Kier alpha value is -2.14. The van der Waals surface area contributed by atoms with Crippen molar-refractivity contribution in [2.24, 2.45) is 0 Å². The van der Waals surface area contributed by atoms with Gasteiger partial charge in [0, 0.05) is 12.6 Å². The lowest BCUT2D eigenvalue weighted by molar-refractivity contribution is -0.131. The maximum atomic E-state index is 11.5. The van der Waals surface area contributed by atoms with Crippen molar-refractivity contribution in [1.82, 2.24) is 10.2 Å². The summed E-state index contributed by atoms with van der Waals surface area (Å²) in [5.41, 5.74) is 1.72. The number of nitrogens with zero attached hydrogens (tertiary/aromatic N) is 1. The molecule has 0 fully saturated rings. The van der Waals surface area contributed by atoms with Crippen LogP contribution in [-0.4, -0.2) is 42.5 Å². The van der Waals surface area contributed by atoms with Gasteiger partial charge in [-0.15, -0.1) is 0 Å². The molecule has 0 saturated heterocycles. The highest BCUT2D eigenvalue weighted by molar-refractivity contribution is 5.85. The SMILES string of the molecule is CN(C)CC(=O)NCc1cccc(/C=C/C(=O)O)c1. The maximum absolute atomic E-state index is 11.5. The minimum absolute atomic E-state index is 0.0449. The van der Waals surface area contributed by atoms with Gasteiger partial charge in [0.1, 0.15) is 0 Å². The molecular weight excluding hydrogens is 244 g/mol. The maximum Gasteiger partial charge on any atom is 0.328 e. The fraction of sp³-hybridized carbons (Fsp3) is 0.286. The topological polar surface area (TPSA) is 69.6 Å². The molecule has 102 valence electrons. The standard InChI is InChI=1S/C14H18N2O3/c1-16(2)10-13(17)15-9-12-5-3-4-11(8-12)6-7-14(18)19/h3-8H,9-10H2,1-2H3,(H,15,17)(H,18,19)/b7-6+. The Kier molecular flexibility index (Phi) is 5.75. The van der Waals surface area contributed by atoms with Gasteiger partial charge in [0.2, 0.25) is 5.91 Å². The summed E-state index contributed by atoms with van der Waals surface area (Å²) in [6.45, 7) is 0.778. The molecule has 0 aliphatic carbocycles. The number of rotatable bonds is 6. The number of carboxylic acid groups (broad SMARTS) is 1. The van der Waals surface area contributed by atoms with Crippen molar-refractivity contribution < 1.29 is 14.7 Å². The van der Waals surface area contributed by atoms with Crippen molar-refractivity contribution in [3.63, 3.8) is 0 Å². The Morgan fingerprint density at radius 1 is 1.37 bits per heavy atom. The molecule has 0 aliphatic heterocycles. The van der Waals surface area contributed by atoms with E-state index < -0.39 is 5.97 Å². The summed E-state index contributed by atoms with van der Waals surface area (Å²) in [5, 5.41) is 11.4. The first-order valence-electron chi connectivity index (χ1n) is 5.89. The van der Waals surface area contributed by atoms with Crippen LogP contribution in [0.3, 0.4) is 0 Å². The van der Waals surface area contributed by atoms with Gasteiger partial charge in [0.15, 0.2) is 0 Å². The second kappa shape index (κ2) is 7.33. The van der Waals surface area contributed by atoms with Crippen LogP contribution in [0.4, 0.5) is 0 Å². The molecule has 0 aliphatic rings. The normalized spacial score (nSPS) is 10.9. The highest BCUT2D eigenvalue weighted by Gasteiger charge is 2.02. The van der Waals surface area contributed by atoms with E-state index in [4.69, 9.17) is 5.11 Å². The number of nitrogens with one attached hydrogen (secondary N) is 1. The molecule has 0 heterocycles. The summed E-state index contributed by atoms with van der Waals surface area (Å²) in [4.78, 5) is 23.7. The number of carboxylic acids is 1. The molecule has 0 aromatic heterocycles. The number of hydrogen-bond donors (Lipinski definition) is 2. The van der Waals surface area contributed by atoms with E-state index in [1.807, 2.05) is 38.4 Å². The number of aliphatic carboxylic acids is 1. The van der Waals surface area contributed by atoms with Gasteiger partial charge < -0.3 is 15.3 Å². The average molecular weight is 262 g/mol. The molecule has 19 heavy (non-hydrogen) atoms. The second-order valence-electron chi connectivity index (χ2n) is 4.43. The quantitative estimate of drug-likeness (QED) is 0.749. The van der Waals surface area contributed by atoms with Crippen LogP contribution in [0.15, 0.2) is 30.3 Å². The second-order valence-corrected chi connectivity index (χ2v) is 4.43. The summed E-state index contributed by atoms with van der Waals surface area (Å²) in [6.07, 6.45) is 2.61. The van der Waals surface area contributed by atoms with Crippen LogP contribution in [0.1, 0.15) is 11.1 Å². The van der Waals surface area contributed by atoms with Crippen molar-refractivity contribution in [3.8, 4) is 0 Å². The van der Waals surface area contributed by atoms with Gasteiger partial charge in [-0.2, -0.15) is 0 Å². The molecule has 5 heteroatoms. The highest BCUT2D eigenvalue weighted by Crippen LogP contribution is 2.07. The summed E-state index contributed by atoms with van der Waals surface area (Å²) in [7, 11) is 3.66. The van der Waals surface area contributed by atoms with E-state index in [1.54, 1.807) is 4.90 Å². The van der Waals surface area contributed by atoms with Crippen LogP contribution in [-0.2, 0) is 16.1 Å². The van der Waals surface area contributed by atoms with Crippen LogP contribution < -0.4 is 5.32 Å². The van der Waals surface area contributed by atoms with Crippen LogP contribution in [0.25, 0.3) is 6.08 Å². The van der Waals surface area contributed by atoms with Crippen LogP contribution in [0.2, 0.25) is 0 Å². The molecule has 0 unspecified atom stereocenters. The number of carbonyl (C=O) groups excluding carboxylic acids is 1. The fourth-order valence-corrected chi connectivity index (χ4v) is 1.52. The Labute approximate surface area is 112 Å². The van der Waals surface area contributed by atoms with E-state index in [-0.39, 0.29) is 5.91 Å². The number of benzene rings is 1. The monoisotopic (exact) mass is 262 g/mol. The Morgan fingerprint density at radius 2 is 2.11 bits per heavy atom. The molecule has 1 rings (SSSR count). The summed E-state index contributed by atoms with van der Waals surface area (Å²) in [6, 6.07) is 7.36. The Bertz CT molecular complexity index is 481. The van der Waals surface area contributed by atoms with Gasteiger partial charge >= 0.3 is 5.97 Å². The number of likely N-dealkylation sites (N-methyl/N-ethyl adjacent to an activating group) is 1. The van der Waals surface area contributed by atoms with E-state index in [9.17, 15) is 9.59 Å². The largest absolute Gasteiger partial charge is 0.478 e. The van der Waals surface area contributed by atoms with Crippen molar-refractivity contribution in [1.29, 1.82) is 0 Å². The molecule has 5 nitrogen and oxygen atoms in total. The molecule has 1 amide bonds. The van der Waals surface area contributed by atoms with E-state index in [1.165, 1.54) is 6.08 Å². The third-order valence-electron chi connectivity index (χ3n) is 2.32. The van der Waals surface area contributed by atoms with Gasteiger partial charge in [-0.3, -0.25) is 4.79 Å². The lowest BCUT2D eigenvalue weighted by Gasteiger charge is -2.10. The average Bonchev–Trinajstić information content (AvgIpc) is 2.34. The Morgan fingerprint density at radius 3 is 2.74 bits per heavy atom. The summed E-state index contributed by atoms with van der Waals surface area (Å²) < 4.78 is 0. The van der Waals surface area contributed by atoms with E-state index in [0.717, 1.165) is 17.2 Å². The van der Waals surface area contributed by atoms with Gasteiger partial charge in [-0.1, -0.05) is 18.2 Å². The number of carbonyl (C=O) groups is 2. The lowest BCUT2D eigenvalue weighted by atomic mass is 10.1. The molecule has 1 aromatic carbocycles. The zero-order valence-electron chi connectivity index (χ0n) is 11.1. The van der Waals surface area contributed by atoms with Gasteiger partial charge in [0.05, 0.1) is 6.54 Å². The fourth-order valence-electron chi connectivity index (χ4n) is 1.52.